The summed E-state index contributed by atoms with van der Waals surface area (Å²) in [4.78, 5) is 0. The molecule has 1 aromatic heterocycles. The number of rotatable bonds is 4. The van der Waals surface area contributed by atoms with E-state index in [-0.39, 0.29) is 6.04 Å². The SMILES string of the molecule is CCc1c(C(N)CC)nnn1-c1ccc(Br)cc1Cl. The number of halogens is 2. The van der Waals surface area contributed by atoms with Crippen molar-refractivity contribution in [3.05, 3.63) is 39.1 Å². The Morgan fingerprint density at radius 2 is 2.16 bits per heavy atom. The first kappa shape index (κ1) is 14.5. The van der Waals surface area contributed by atoms with Crippen molar-refractivity contribution in [2.75, 3.05) is 0 Å². The molecule has 0 aliphatic carbocycles. The van der Waals surface area contributed by atoms with Gasteiger partial charge >= 0.3 is 0 Å². The number of hydrogen-bond acceptors (Lipinski definition) is 3. The minimum atomic E-state index is -0.0853. The molecule has 19 heavy (non-hydrogen) atoms. The zero-order chi connectivity index (χ0) is 14.0. The molecule has 0 bridgehead atoms. The molecule has 0 aliphatic heterocycles. The maximum atomic E-state index is 6.27. The Kier molecular flexibility index (Phi) is 4.60. The second kappa shape index (κ2) is 6.03. The van der Waals surface area contributed by atoms with Crippen LogP contribution in [0.5, 0.6) is 0 Å². The minimum Gasteiger partial charge on any atom is -0.323 e. The first-order valence-corrected chi connectivity index (χ1v) is 7.41. The van der Waals surface area contributed by atoms with Gasteiger partial charge in [-0.05, 0) is 31.0 Å². The van der Waals surface area contributed by atoms with Gasteiger partial charge in [0.15, 0.2) is 0 Å². The van der Waals surface area contributed by atoms with E-state index in [0.29, 0.717) is 5.02 Å². The summed E-state index contributed by atoms with van der Waals surface area (Å²) >= 11 is 9.66. The van der Waals surface area contributed by atoms with Crippen LogP contribution in [0.2, 0.25) is 5.02 Å². The van der Waals surface area contributed by atoms with Crippen molar-refractivity contribution in [3.63, 3.8) is 0 Å². The van der Waals surface area contributed by atoms with E-state index in [0.717, 1.165) is 34.4 Å². The molecule has 0 saturated carbocycles. The molecule has 0 saturated heterocycles. The number of aromatic nitrogens is 3. The molecule has 0 spiro atoms. The van der Waals surface area contributed by atoms with Crippen LogP contribution in [-0.2, 0) is 6.42 Å². The van der Waals surface area contributed by atoms with Crippen LogP contribution in [0.15, 0.2) is 22.7 Å². The Hall–Kier alpha value is -0.910. The zero-order valence-electron chi connectivity index (χ0n) is 10.9. The van der Waals surface area contributed by atoms with Crippen molar-refractivity contribution in [3.8, 4) is 5.69 Å². The lowest BCUT2D eigenvalue weighted by molar-refractivity contribution is 0.665. The molecule has 0 radical (unpaired) electrons. The lowest BCUT2D eigenvalue weighted by Gasteiger charge is -2.10. The smallest absolute Gasteiger partial charge is 0.103 e. The van der Waals surface area contributed by atoms with Crippen LogP contribution in [0.25, 0.3) is 5.69 Å². The molecule has 0 aliphatic rings. The summed E-state index contributed by atoms with van der Waals surface area (Å²) < 4.78 is 2.71. The number of hydrogen-bond donors (Lipinski definition) is 1. The van der Waals surface area contributed by atoms with Crippen molar-refractivity contribution >= 4 is 27.5 Å². The predicted molar refractivity (Wildman–Crippen MR) is 80.7 cm³/mol. The van der Waals surface area contributed by atoms with Gasteiger partial charge in [-0.2, -0.15) is 0 Å². The third-order valence-electron chi connectivity index (χ3n) is 3.06. The van der Waals surface area contributed by atoms with Crippen LogP contribution in [0, 0.1) is 0 Å². The Morgan fingerprint density at radius 1 is 1.42 bits per heavy atom. The number of nitrogens with zero attached hydrogens (tertiary/aromatic N) is 3. The molecule has 2 N–H and O–H groups in total. The molecule has 1 atom stereocenters. The van der Waals surface area contributed by atoms with Crippen LogP contribution < -0.4 is 5.73 Å². The summed E-state index contributed by atoms with van der Waals surface area (Å²) in [6.07, 6.45) is 1.64. The van der Waals surface area contributed by atoms with Crippen molar-refractivity contribution in [2.45, 2.75) is 32.7 Å². The van der Waals surface area contributed by atoms with Crippen LogP contribution in [-0.4, -0.2) is 15.0 Å². The van der Waals surface area contributed by atoms with Gasteiger partial charge in [-0.3, -0.25) is 0 Å². The highest BCUT2D eigenvalue weighted by atomic mass is 79.9. The first-order valence-electron chi connectivity index (χ1n) is 6.23. The average molecular weight is 344 g/mol. The summed E-state index contributed by atoms with van der Waals surface area (Å²) in [7, 11) is 0. The van der Waals surface area contributed by atoms with Crippen LogP contribution >= 0.6 is 27.5 Å². The first-order chi connectivity index (χ1) is 9.08. The highest BCUT2D eigenvalue weighted by molar-refractivity contribution is 9.10. The third-order valence-corrected chi connectivity index (χ3v) is 3.85. The van der Waals surface area contributed by atoms with Gasteiger partial charge < -0.3 is 5.73 Å². The van der Waals surface area contributed by atoms with Crippen molar-refractivity contribution in [2.24, 2.45) is 5.73 Å². The Balaban J connectivity index is 2.53. The fourth-order valence-electron chi connectivity index (χ4n) is 1.97. The molecule has 1 heterocycles. The molecule has 0 amide bonds. The maximum absolute atomic E-state index is 6.27. The molecule has 4 nitrogen and oxygen atoms in total. The van der Waals surface area contributed by atoms with Gasteiger partial charge in [-0.25, -0.2) is 4.68 Å². The van der Waals surface area contributed by atoms with Gasteiger partial charge in [-0.1, -0.05) is 46.6 Å². The van der Waals surface area contributed by atoms with Gasteiger partial charge in [0.05, 0.1) is 22.4 Å². The average Bonchev–Trinajstić information content (AvgIpc) is 2.81. The minimum absolute atomic E-state index is 0.0853. The molecular weight excluding hydrogens is 328 g/mol. The highest BCUT2D eigenvalue weighted by Crippen LogP contribution is 2.27. The van der Waals surface area contributed by atoms with Crippen LogP contribution in [0.4, 0.5) is 0 Å². The molecule has 1 aromatic carbocycles. The molecule has 6 heteroatoms. The van der Waals surface area contributed by atoms with Crippen molar-refractivity contribution in [1.29, 1.82) is 0 Å². The van der Waals surface area contributed by atoms with E-state index in [1.807, 2.05) is 25.1 Å². The topological polar surface area (TPSA) is 56.7 Å². The predicted octanol–water partition coefficient (Wildman–Crippen LogP) is 3.66. The van der Waals surface area contributed by atoms with E-state index in [4.69, 9.17) is 17.3 Å². The van der Waals surface area contributed by atoms with Gasteiger partial charge in [0.1, 0.15) is 5.69 Å². The summed E-state index contributed by atoms with van der Waals surface area (Å²) in [6, 6.07) is 5.61. The number of nitrogens with two attached hydrogens (primary N) is 1. The van der Waals surface area contributed by atoms with Gasteiger partial charge in [0.2, 0.25) is 0 Å². The fourth-order valence-corrected chi connectivity index (χ4v) is 2.73. The molecular formula is C13H16BrClN4. The fraction of sp³-hybridized carbons (Fsp3) is 0.385. The highest BCUT2D eigenvalue weighted by Gasteiger charge is 2.18. The van der Waals surface area contributed by atoms with E-state index in [1.165, 1.54) is 0 Å². The second-order valence-electron chi connectivity index (χ2n) is 4.30. The van der Waals surface area contributed by atoms with Crippen LogP contribution in [0.1, 0.15) is 37.7 Å². The van der Waals surface area contributed by atoms with Crippen molar-refractivity contribution in [1.82, 2.24) is 15.0 Å². The quantitative estimate of drug-likeness (QED) is 0.921. The lowest BCUT2D eigenvalue weighted by Crippen LogP contribution is -2.12. The van der Waals surface area contributed by atoms with E-state index in [2.05, 4.69) is 33.2 Å². The molecule has 2 aromatic rings. The van der Waals surface area contributed by atoms with E-state index in [9.17, 15) is 0 Å². The maximum Gasteiger partial charge on any atom is 0.103 e. The largest absolute Gasteiger partial charge is 0.323 e. The Morgan fingerprint density at radius 3 is 2.74 bits per heavy atom. The second-order valence-corrected chi connectivity index (χ2v) is 5.62. The third kappa shape index (κ3) is 2.83. The zero-order valence-corrected chi connectivity index (χ0v) is 13.2. The summed E-state index contributed by atoms with van der Waals surface area (Å²) in [5, 5.41) is 9.05. The number of benzene rings is 1. The van der Waals surface area contributed by atoms with Gasteiger partial charge in [-0.15, -0.1) is 5.10 Å². The van der Waals surface area contributed by atoms with E-state index >= 15 is 0 Å². The Labute approximate surface area is 126 Å². The monoisotopic (exact) mass is 342 g/mol. The summed E-state index contributed by atoms with van der Waals surface area (Å²) in [5.74, 6) is 0. The lowest BCUT2D eigenvalue weighted by atomic mass is 10.1. The van der Waals surface area contributed by atoms with Gasteiger partial charge in [0.25, 0.3) is 0 Å². The summed E-state index contributed by atoms with van der Waals surface area (Å²) in [6.45, 7) is 4.10. The van der Waals surface area contributed by atoms with Gasteiger partial charge in [0, 0.05) is 4.47 Å². The van der Waals surface area contributed by atoms with E-state index < -0.39 is 0 Å². The molecule has 2 rings (SSSR count). The normalized spacial score (nSPS) is 12.7. The Bertz CT molecular complexity index is 582. The van der Waals surface area contributed by atoms with E-state index in [1.54, 1.807) is 4.68 Å². The summed E-state index contributed by atoms with van der Waals surface area (Å²) in [5.41, 5.74) is 8.75. The standard InChI is InChI=1S/C13H16BrClN4/c1-3-10(16)13-11(4-2)19(18-17-13)12-6-5-8(14)7-9(12)15/h5-7,10H,3-4,16H2,1-2H3. The molecule has 102 valence electrons. The molecule has 1 unspecified atom stereocenters. The molecule has 0 fully saturated rings. The van der Waals surface area contributed by atoms with Crippen LogP contribution in [0.3, 0.4) is 0 Å². The van der Waals surface area contributed by atoms with Crippen molar-refractivity contribution < 1.29 is 0 Å².